The quantitative estimate of drug-likeness (QED) is 0.336. The van der Waals surface area contributed by atoms with E-state index in [4.69, 9.17) is 18.9 Å². The minimum Gasteiger partial charge on any atom is -0.479 e. The Hall–Kier alpha value is -2.09. The molecule has 10 heteroatoms. The number of methoxy groups -OCH3 is 2. The molecule has 1 aromatic rings. The highest BCUT2D eigenvalue weighted by molar-refractivity contribution is 7.25. The second-order valence-corrected chi connectivity index (χ2v) is 6.15. The van der Waals surface area contributed by atoms with Crippen molar-refractivity contribution in [1.29, 1.82) is 0 Å². The molecule has 0 aliphatic heterocycles. The Morgan fingerprint density at radius 2 is 1.85 bits per heavy atom. The van der Waals surface area contributed by atoms with E-state index in [0.29, 0.717) is 12.0 Å². The molecule has 0 saturated heterocycles. The van der Waals surface area contributed by atoms with Crippen molar-refractivity contribution in [3.8, 4) is 5.75 Å². The van der Waals surface area contributed by atoms with Gasteiger partial charge in [-0.3, -0.25) is 0 Å². The molecular formula is C16H24NO8P. The molecule has 26 heavy (non-hydrogen) atoms. The summed E-state index contributed by atoms with van der Waals surface area (Å²) in [6, 6.07) is 4.54. The average molecular weight is 389 g/mol. The number of carboxylic acid groups (broad SMARTS) is 1. The van der Waals surface area contributed by atoms with Crippen molar-refractivity contribution in [3.63, 3.8) is 0 Å². The number of carbonyl (C=O) groups excluding carboxylic acids is 1. The van der Waals surface area contributed by atoms with Crippen LogP contribution in [0.2, 0.25) is 0 Å². The van der Waals surface area contributed by atoms with Gasteiger partial charge in [0, 0.05) is 14.2 Å². The molecule has 0 bridgehead atoms. The van der Waals surface area contributed by atoms with E-state index >= 15 is 0 Å². The molecule has 0 fully saturated rings. The standard InChI is InChI=1S/C16H24NO8P/c1-4-5-10-24-15(20)17-13(14(18)19)11-6-8-12(9-7-11)25-16(22-2,23-3)26-21/h6-9,13H,4-5,10,26H2,1-3H3,(H,17,20)(H,18,19). The second kappa shape index (κ2) is 10.8. The molecule has 146 valence electrons. The van der Waals surface area contributed by atoms with Crippen LogP contribution in [0.15, 0.2) is 24.3 Å². The topological polar surface area (TPSA) is 120 Å². The van der Waals surface area contributed by atoms with Gasteiger partial charge in [-0.1, -0.05) is 25.5 Å². The smallest absolute Gasteiger partial charge is 0.408 e. The molecule has 2 unspecified atom stereocenters. The minimum absolute atomic E-state index is 0.217. The molecule has 0 saturated carbocycles. The van der Waals surface area contributed by atoms with Crippen molar-refractivity contribution < 1.29 is 38.2 Å². The Bertz CT molecular complexity index is 603. The Morgan fingerprint density at radius 1 is 1.23 bits per heavy atom. The lowest BCUT2D eigenvalue weighted by Gasteiger charge is -2.25. The number of nitrogens with one attached hydrogen (secondary N) is 1. The first-order valence-electron chi connectivity index (χ1n) is 7.93. The molecule has 1 rings (SSSR count). The van der Waals surface area contributed by atoms with E-state index in [1.165, 1.54) is 38.5 Å². The summed E-state index contributed by atoms with van der Waals surface area (Å²) in [5.74, 6) is -0.978. The number of alkyl carbamates (subject to hydrolysis) is 1. The first-order valence-corrected chi connectivity index (χ1v) is 8.98. The Kier molecular flexibility index (Phi) is 9.12. The summed E-state index contributed by atoms with van der Waals surface area (Å²) in [6.45, 7) is 2.16. The molecule has 0 aromatic heterocycles. The molecule has 0 aliphatic carbocycles. The van der Waals surface area contributed by atoms with Gasteiger partial charge in [0.1, 0.15) is 5.75 Å². The van der Waals surface area contributed by atoms with Crippen LogP contribution in [0.4, 0.5) is 4.79 Å². The number of carbonyl (C=O) groups is 2. The lowest BCUT2D eigenvalue weighted by molar-refractivity contribution is -0.255. The summed E-state index contributed by atoms with van der Waals surface area (Å²) < 4.78 is 31.5. The van der Waals surface area contributed by atoms with Gasteiger partial charge in [0.25, 0.3) is 0 Å². The zero-order chi connectivity index (χ0) is 19.6. The summed E-state index contributed by atoms with van der Waals surface area (Å²) in [5.41, 5.74) is -1.37. The fourth-order valence-corrected chi connectivity index (χ4v) is 2.31. The largest absolute Gasteiger partial charge is 0.479 e. The van der Waals surface area contributed by atoms with Crippen molar-refractivity contribution in [2.24, 2.45) is 0 Å². The highest BCUT2D eigenvalue weighted by Crippen LogP contribution is 2.30. The molecule has 2 atom stereocenters. The number of ether oxygens (including phenoxy) is 4. The first kappa shape index (κ1) is 22.0. The third-order valence-electron chi connectivity index (χ3n) is 3.43. The predicted octanol–water partition coefficient (Wildman–Crippen LogP) is 2.38. The van der Waals surface area contributed by atoms with Gasteiger partial charge in [0.2, 0.25) is 0 Å². The maximum absolute atomic E-state index is 11.7. The van der Waals surface area contributed by atoms with Crippen molar-refractivity contribution >= 4 is 20.5 Å². The molecular weight excluding hydrogens is 365 g/mol. The van der Waals surface area contributed by atoms with Crippen molar-refractivity contribution in [2.45, 2.75) is 31.5 Å². The number of amides is 1. The van der Waals surface area contributed by atoms with Gasteiger partial charge >= 0.3 is 17.8 Å². The molecule has 9 nitrogen and oxygen atoms in total. The maximum atomic E-state index is 11.7. The molecule has 0 spiro atoms. The zero-order valence-electron chi connectivity index (χ0n) is 14.9. The summed E-state index contributed by atoms with van der Waals surface area (Å²) >= 11 is 0. The first-order chi connectivity index (χ1) is 12.4. The third kappa shape index (κ3) is 6.33. The predicted molar refractivity (Wildman–Crippen MR) is 94.0 cm³/mol. The fraction of sp³-hybridized carbons (Fsp3) is 0.500. The highest BCUT2D eigenvalue weighted by Gasteiger charge is 2.31. The van der Waals surface area contributed by atoms with Crippen LogP contribution in [0, 0.1) is 0 Å². The number of hydrogen-bond donors (Lipinski definition) is 2. The summed E-state index contributed by atoms with van der Waals surface area (Å²) in [7, 11) is 1.02. The number of rotatable bonds is 11. The maximum Gasteiger partial charge on any atom is 0.408 e. The Labute approximate surface area is 152 Å². The third-order valence-corrected chi connectivity index (χ3v) is 4.31. The molecule has 0 aliphatic rings. The van der Waals surface area contributed by atoms with Gasteiger partial charge in [-0.25, -0.2) is 9.59 Å². The lowest BCUT2D eigenvalue weighted by Crippen LogP contribution is -2.34. The van der Waals surface area contributed by atoms with E-state index in [2.05, 4.69) is 5.32 Å². The zero-order valence-corrected chi connectivity index (χ0v) is 16.0. The van der Waals surface area contributed by atoms with Crippen molar-refractivity contribution in [2.75, 3.05) is 20.8 Å². The van der Waals surface area contributed by atoms with Crippen LogP contribution < -0.4 is 10.1 Å². The van der Waals surface area contributed by atoms with E-state index in [9.17, 15) is 19.3 Å². The van der Waals surface area contributed by atoms with Crippen molar-refractivity contribution in [3.05, 3.63) is 29.8 Å². The molecule has 1 aromatic carbocycles. The fourth-order valence-electron chi connectivity index (χ4n) is 1.94. The van der Waals surface area contributed by atoms with Crippen LogP contribution in [0.3, 0.4) is 0 Å². The Morgan fingerprint density at radius 3 is 2.31 bits per heavy atom. The second-order valence-electron chi connectivity index (χ2n) is 5.21. The van der Waals surface area contributed by atoms with E-state index in [1.54, 1.807) is 0 Å². The SMILES string of the molecule is CCCCOC(=O)NC(C(=O)O)c1ccc(OC(OC)(OC)[PH2]=O)cc1. The lowest BCUT2D eigenvalue weighted by atomic mass is 10.1. The Balaban J connectivity index is 2.83. The number of hydrogen-bond acceptors (Lipinski definition) is 7. The van der Waals surface area contributed by atoms with Gasteiger partial charge in [-0.05, 0) is 24.1 Å². The van der Waals surface area contributed by atoms with Crippen LogP contribution in [0.25, 0.3) is 0 Å². The van der Waals surface area contributed by atoms with Crippen LogP contribution in [-0.4, -0.2) is 43.7 Å². The average Bonchev–Trinajstić information content (AvgIpc) is 2.65. The molecule has 0 heterocycles. The number of aliphatic carboxylic acids is 1. The van der Waals surface area contributed by atoms with Crippen LogP contribution >= 0.6 is 8.46 Å². The van der Waals surface area contributed by atoms with Gasteiger partial charge in [-0.2, -0.15) is 0 Å². The molecule has 0 radical (unpaired) electrons. The normalized spacial score (nSPS) is 12.7. The van der Waals surface area contributed by atoms with E-state index in [0.717, 1.165) is 6.42 Å². The number of benzene rings is 1. The summed E-state index contributed by atoms with van der Waals surface area (Å²) in [6.07, 6.45) is 0.741. The number of unbranched alkanes of at least 4 members (excludes halogenated alkanes) is 1. The minimum atomic E-state index is -1.69. The van der Waals surface area contributed by atoms with Gasteiger partial charge in [-0.15, -0.1) is 0 Å². The van der Waals surface area contributed by atoms with Gasteiger partial charge in [0.15, 0.2) is 14.5 Å². The molecule has 2 N–H and O–H groups in total. The van der Waals surface area contributed by atoms with E-state index in [1.807, 2.05) is 6.92 Å². The highest BCUT2D eigenvalue weighted by atomic mass is 31.1. The van der Waals surface area contributed by atoms with Crippen LogP contribution in [0.5, 0.6) is 5.75 Å². The summed E-state index contributed by atoms with van der Waals surface area (Å²) in [5, 5.41) is 11.6. The van der Waals surface area contributed by atoms with Gasteiger partial charge < -0.3 is 33.9 Å². The van der Waals surface area contributed by atoms with E-state index < -0.39 is 32.3 Å². The van der Waals surface area contributed by atoms with Crippen LogP contribution in [0.1, 0.15) is 31.4 Å². The molecule has 1 amide bonds. The van der Waals surface area contributed by atoms with Gasteiger partial charge in [0.05, 0.1) is 6.61 Å². The summed E-state index contributed by atoms with van der Waals surface area (Å²) in [4.78, 5) is 23.1. The monoisotopic (exact) mass is 389 g/mol. The van der Waals surface area contributed by atoms with Crippen LogP contribution in [-0.2, 0) is 23.6 Å². The van der Waals surface area contributed by atoms with Crippen molar-refractivity contribution in [1.82, 2.24) is 5.32 Å². The van der Waals surface area contributed by atoms with E-state index in [-0.39, 0.29) is 12.4 Å². The number of carboxylic acids is 1.